The standard InChI is InChI=1S/C20H24N4O2S/c1-12(2)11-15-21-17-16(19(25)24(5)20(26)23(17)4)18(22-15)27-13(3)14-9-7-6-8-10-14/h6-10,12-13H,11H2,1-5H3/t13-/m0/s1. The minimum absolute atomic E-state index is 0.109. The van der Waals surface area contributed by atoms with E-state index in [0.717, 1.165) is 10.1 Å². The zero-order chi connectivity index (χ0) is 19.7. The number of hydrogen-bond donors (Lipinski definition) is 0. The molecular weight excluding hydrogens is 360 g/mol. The Bertz CT molecular complexity index is 1090. The molecule has 7 heteroatoms. The summed E-state index contributed by atoms with van der Waals surface area (Å²) in [6.07, 6.45) is 0.687. The summed E-state index contributed by atoms with van der Waals surface area (Å²) in [4.78, 5) is 34.4. The Labute approximate surface area is 162 Å². The first-order valence-corrected chi connectivity index (χ1v) is 9.85. The van der Waals surface area contributed by atoms with Crippen LogP contribution in [0.4, 0.5) is 0 Å². The van der Waals surface area contributed by atoms with Gasteiger partial charge in [-0.2, -0.15) is 0 Å². The minimum Gasteiger partial charge on any atom is -0.280 e. The van der Waals surface area contributed by atoms with E-state index >= 15 is 0 Å². The molecule has 2 aromatic heterocycles. The SMILES string of the molecule is CC(C)Cc1nc(S[C@@H](C)c2ccccc2)c2c(=O)n(C)c(=O)n(C)c2n1. The van der Waals surface area contributed by atoms with Crippen LogP contribution in [0.3, 0.4) is 0 Å². The summed E-state index contributed by atoms with van der Waals surface area (Å²) in [6, 6.07) is 10.1. The Morgan fingerprint density at radius 3 is 2.30 bits per heavy atom. The maximum absolute atomic E-state index is 12.8. The summed E-state index contributed by atoms with van der Waals surface area (Å²) in [5.74, 6) is 1.03. The van der Waals surface area contributed by atoms with Crippen molar-refractivity contribution in [3.63, 3.8) is 0 Å². The lowest BCUT2D eigenvalue weighted by Crippen LogP contribution is -2.38. The number of fused-ring (bicyclic) bond motifs is 1. The molecular formula is C20H24N4O2S. The molecule has 3 aromatic rings. The molecule has 2 heterocycles. The molecule has 0 aliphatic heterocycles. The molecule has 1 aromatic carbocycles. The molecule has 0 amide bonds. The van der Waals surface area contributed by atoms with Crippen molar-refractivity contribution in [1.29, 1.82) is 0 Å². The topological polar surface area (TPSA) is 69.8 Å². The fraction of sp³-hybridized carbons (Fsp3) is 0.400. The molecule has 0 fully saturated rings. The first-order chi connectivity index (χ1) is 12.8. The third kappa shape index (κ3) is 3.83. The van der Waals surface area contributed by atoms with Crippen LogP contribution in [0, 0.1) is 5.92 Å². The Kier molecular flexibility index (Phi) is 5.51. The molecule has 142 valence electrons. The molecule has 0 saturated carbocycles. The third-order valence-corrected chi connectivity index (χ3v) is 5.61. The van der Waals surface area contributed by atoms with Crippen LogP contribution in [0.15, 0.2) is 44.9 Å². The van der Waals surface area contributed by atoms with E-state index in [-0.39, 0.29) is 16.5 Å². The van der Waals surface area contributed by atoms with Gasteiger partial charge in [-0.1, -0.05) is 55.9 Å². The van der Waals surface area contributed by atoms with Gasteiger partial charge in [0.15, 0.2) is 5.65 Å². The van der Waals surface area contributed by atoms with Gasteiger partial charge < -0.3 is 0 Å². The van der Waals surface area contributed by atoms with Gasteiger partial charge in [0.1, 0.15) is 16.2 Å². The van der Waals surface area contributed by atoms with Crippen LogP contribution in [0.1, 0.15) is 37.4 Å². The second-order valence-electron chi connectivity index (χ2n) is 7.12. The number of rotatable bonds is 5. The van der Waals surface area contributed by atoms with Gasteiger partial charge in [-0.05, 0) is 18.4 Å². The minimum atomic E-state index is -0.381. The lowest BCUT2D eigenvalue weighted by Gasteiger charge is -2.15. The number of aromatic nitrogens is 4. The first kappa shape index (κ1) is 19.4. The zero-order valence-electron chi connectivity index (χ0n) is 16.3. The predicted octanol–water partition coefficient (Wildman–Crippen LogP) is 3.08. The van der Waals surface area contributed by atoms with E-state index in [1.165, 1.54) is 23.4 Å². The van der Waals surface area contributed by atoms with E-state index in [1.54, 1.807) is 7.05 Å². The third-order valence-electron chi connectivity index (χ3n) is 4.46. The van der Waals surface area contributed by atoms with Crippen LogP contribution in [0.2, 0.25) is 0 Å². The maximum Gasteiger partial charge on any atom is 0.332 e. The molecule has 27 heavy (non-hydrogen) atoms. The van der Waals surface area contributed by atoms with Crippen LogP contribution in [-0.4, -0.2) is 19.1 Å². The summed E-state index contributed by atoms with van der Waals surface area (Å²) >= 11 is 1.53. The molecule has 0 spiro atoms. The van der Waals surface area contributed by atoms with Crippen molar-refractivity contribution in [1.82, 2.24) is 19.1 Å². The average Bonchev–Trinajstić information content (AvgIpc) is 2.64. The van der Waals surface area contributed by atoms with Crippen LogP contribution in [-0.2, 0) is 20.5 Å². The largest absolute Gasteiger partial charge is 0.332 e. The molecule has 0 aliphatic carbocycles. The van der Waals surface area contributed by atoms with E-state index in [4.69, 9.17) is 4.98 Å². The highest BCUT2D eigenvalue weighted by Gasteiger charge is 2.20. The van der Waals surface area contributed by atoms with Crippen LogP contribution >= 0.6 is 11.8 Å². The second-order valence-corrected chi connectivity index (χ2v) is 8.45. The van der Waals surface area contributed by atoms with Gasteiger partial charge in [0.2, 0.25) is 0 Å². The van der Waals surface area contributed by atoms with Crippen molar-refractivity contribution in [3.8, 4) is 0 Å². The fourth-order valence-electron chi connectivity index (χ4n) is 2.97. The van der Waals surface area contributed by atoms with E-state index in [9.17, 15) is 9.59 Å². The number of aryl methyl sites for hydroxylation is 1. The summed E-state index contributed by atoms with van der Waals surface area (Å²) < 4.78 is 2.55. The van der Waals surface area contributed by atoms with E-state index in [0.29, 0.717) is 34.2 Å². The smallest absolute Gasteiger partial charge is 0.280 e. The number of hydrogen-bond acceptors (Lipinski definition) is 5. The Morgan fingerprint density at radius 2 is 1.67 bits per heavy atom. The maximum atomic E-state index is 12.8. The normalized spacial score (nSPS) is 12.7. The van der Waals surface area contributed by atoms with Crippen LogP contribution < -0.4 is 11.2 Å². The Morgan fingerprint density at radius 1 is 1.00 bits per heavy atom. The molecule has 0 aliphatic rings. The molecule has 0 bridgehead atoms. The molecule has 6 nitrogen and oxygen atoms in total. The number of thioether (sulfide) groups is 1. The van der Waals surface area contributed by atoms with E-state index in [1.807, 2.05) is 18.2 Å². The van der Waals surface area contributed by atoms with Crippen molar-refractivity contribution >= 4 is 22.8 Å². The number of benzene rings is 1. The van der Waals surface area contributed by atoms with Gasteiger partial charge >= 0.3 is 5.69 Å². The highest BCUT2D eigenvalue weighted by atomic mass is 32.2. The van der Waals surface area contributed by atoms with Crippen molar-refractivity contribution in [2.45, 2.75) is 37.5 Å². The van der Waals surface area contributed by atoms with Crippen molar-refractivity contribution in [2.24, 2.45) is 20.0 Å². The monoisotopic (exact) mass is 384 g/mol. The van der Waals surface area contributed by atoms with Gasteiger partial charge in [-0.3, -0.25) is 13.9 Å². The van der Waals surface area contributed by atoms with Gasteiger partial charge in [-0.25, -0.2) is 14.8 Å². The van der Waals surface area contributed by atoms with Gasteiger partial charge in [-0.15, -0.1) is 0 Å². The Balaban J connectivity index is 2.22. The van der Waals surface area contributed by atoms with E-state index < -0.39 is 0 Å². The van der Waals surface area contributed by atoms with E-state index in [2.05, 4.69) is 37.9 Å². The van der Waals surface area contributed by atoms with Gasteiger partial charge in [0.05, 0.1) is 0 Å². The lowest BCUT2D eigenvalue weighted by atomic mass is 10.1. The van der Waals surface area contributed by atoms with Gasteiger partial charge in [0, 0.05) is 25.8 Å². The molecule has 0 N–H and O–H groups in total. The summed E-state index contributed by atoms with van der Waals surface area (Å²) in [6.45, 7) is 6.27. The first-order valence-electron chi connectivity index (χ1n) is 8.97. The fourth-order valence-corrected chi connectivity index (χ4v) is 4.06. The van der Waals surface area contributed by atoms with Crippen molar-refractivity contribution in [2.75, 3.05) is 0 Å². The average molecular weight is 385 g/mol. The molecule has 1 atom stereocenters. The molecule has 0 unspecified atom stereocenters. The molecule has 0 radical (unpaired) electrons. The van der Waals surface area contributed by atoms with Gasteiger partial charge in [0.25, 0.3) is 5.56 Å². The summed E-state index contributed by atoms with van der Waals surface area (Å²) in [7, 11) is 3.13. The van der Waals surface area contributed by atoms with Crippen molar-refractivity contribution in [3.05, 3.63) is 62.6 Å². The lowest BCUT2D eigenvalue weighted by molar-refractivity contribution is 0.613. The predicted molar refractivity (Wildman–Crippen MR) is 109 cm³/mol. The molecule has 3 rings (SSSR count). The zero-order valence-corrected chi connectivity index (χ0v) is 17.1. The quantitative estimate of drug-likeness (QED) is 0.499. The number of nitrogens with zero attached hydrogens (tertiary/aromatic N) is 4. The molecule has 0 saturated heterocycles. The van der Waals surface area contributed by atoms with Crippen molar-refractivity contribution < 1.29 is 0 Å². The Hall–Kier alpha value is -2.41. The highest BCUT2D eigenvalue weighted by Crippen LogP contribution is 2.35. The highest BCUT2D eigenvalue weighted by molar-refractivity contribution is 7.99. The summed E-state index contributed by atoms with van der Waals surface area (Å²) in [5, 5.41) is 1.14. The van der Waals surface area contributed by atoms with Crippen LogP contribution in [0.5, 0.6) is 0 Å². The summed E-state index contributed by atoms with van der Waals surface area (Å²) in [5.41, 5.74) is 0.818. The van der Waals surface area contributed by atoms with Crippen LogP contribution in [0.25, 0.3) is 11.0 Å². The second kappa shape index (κ2) is 7.68.